The Labute approximate surface area is 164 Å². The number of hydrogen-bond donors (Lipinski definition) is 1. The maximum absolute atomic E-state index is 12.5. The van der Waals surface area contributed by atoms with E-state index in [1.807, 2.05) is 19.1 Å². The number of rotatable bonds is 4. The number of ether oxygens (including phenoxy) is 2. The first-order valence-electron chi connectivity index (χ1n) is 9.59. The minimum Gasteiger partial charge on any atom is -0.493 e. The van der Waals surface area contributed by atoms with Crippen LogP contribution in [0.5, 0.6) is 11.5 Å². The van der Waals surface area contributed by atoms with E-state index in [0.717, 1.165) is 47.9 Å². The number of quaternary nitrogens is 1. The summed E-state index contributed by atoms with van der Waals surface area (Å²) < 4.78 is 12.5. The normalized spacial score (nSPS) is 18.7. The third-order valence-electron chi connectivity index (χ3n) is 5.79. The van der Waals surface area contributed by atoms with Crippen LogP contribution < -0.4 is 19.9 Å². The number of aromatic nitrogens is 2. The summed E-state index contributed by atoms with van der Waals surface area (Å²) in [6, 6.07) is 9.98. The summed E-state index contributed by atoms with van der Waals surface area (Å²) in [7, 11) is 3.33. The average molecular weight is 380 g/mol. The van der Waals surface area contributed by atoms with Gasteiger partial charge >= 0.3 is 0 Å². The van der Waals surface area contributed by atoms with Crippen LogP contribution in [-0.4, -0.2) is 30.1 Å². The van der Waals surface area contributed by atoms with E-state index < -0.39 is 0 Å². The number of aryl methyl sites for hydroxylation is 1. The van der Waals surface area contributed by atoms with Crippen molar-refractivity contribution in [3.63, 3.8) is 0 Å². The van der Waals surface area contributed by atoms with Gasteiger partial charge in [0.25, 0.3) is 5.56 Å². The molecular weight excluding hydrogens is 354 g/mol. The molecule has 6 heteroatoms. The lowest BCUT2D eigenvalue weighted by atomic mass is 9.92. The number of fused-ring (bicyclic) bond motifs is 2. The highest BCUT2D eigenvalue weighted by Gasteiger charge is 2.29. The van der Waals surface area contributed by atoms with Gasteiger partial charge in [-0.05, 0) is 43.2 Å². The summed E-state index contributed by atoms with van der Waals surface area (Å²) in [5, 5.41) is 0. The first-order chi connectivity index (χ1) is 13.5. The van der Waals surface area contributed by atoms with Crippen molar-refractivity contribution in [3.8, 4) is 11.5 Å². The predicted molar refractivity (Wildman–Crippen MR) is 107 cm³/mol. The van der Waals surface area contributed by atoms with Crippen molar-refractivity contribution < 1.29 is 14.4 Å². The molecule has 2 aromatic heterocycles. The van der Waals surface area contributed by atoms with Crippen LogP contribution >= 0.6 is 0 Å². The number of nitrogens with zero attached hydrogens (tertiary/aromatic N) is 2. The van der Waals surface area contributed by atoms with Gasteiger partial charge in [0.15, 0.2) is 11.5 Å². The van der Waals surface area contributed by atoms with Crippen molar-refractivity contribution in [1.29, 1.82) is 0 Å². The summed E-state index contributed by atoms with van der Waals surface area (Å²) in [5.74, 6) is 1.53. The number of methoxy groups -OCH3 is 2. The third kappa shape index (κ3) is 3.14. The zero-order valence-electron chi connectivity index (χ0n) is 16.8. The standard InChI is InChI=1S/C22H25N3O3/c1-14-6-5-8-25-21(26)11-17(23-22(14)25)13-24-9-7-16-10-19(27-3)20(28-4)12-18(16)15(24)2/h5-6,8,10-12,15H,7,9,13H2,1-4H3/p+1/t15-/m0/s1. The number of nitrogens with one attached hydrogen (secondary N) is 1. The van der Waals surface area contributed by atoms with Crippen LogP contribution in [0.3, 0.4) is 0 Å². The van der Waals surface area contributed by atoms with Crippen LogP contribution in [0.4, 0.5) is 0 Å². The van der Waals surface area contributed by atoms with E-state index in [2.05, 4.69) is 19.1 Å². The molecule has 1 aliphatic rings. The molecule has 1 aliphatic heterocycles. The van der Waals surface area contributed by atoms with Crippen LogP contribution in [0.25, 0.3) is 5.65 Å². The molecule has 0 saturated carbocycles. The Balaban J connectivity index is 1.66. The van der Waals surface area contributed by atoms with Gasteiger partial charge in [-0.15, -0.1) is 0 Å². The molecule has 0 bridgehead atoms. The molecule has 0 amide bonds. The number of pyridine rings is 1. The highest BCUT2D eigenvalue weighted by Crippen LogP contribution is 2.33. The molecule has 146 valence electrons. The van der Waals surface area contributed by atoms with Crippen molar-refractivity contribution >= 4 is 5.65 Å². The van der Waals surface area contributed by atoms with Gasteiger partial charge in [0, 0.05) is 24.2 Å². The molecule has 0 saturated heterocycles. The highest BCUT2D eigenvalue weighted by molar-refractivity contribution is 5.49. The maximum Gasteiger partial charge on any atom is 0.258 e. The molecule has 0 radical (unpaired) electrons. The zero-order valence-corrected chi connectivity index (χ0v) is 16.8. The molecule has 28 heavy (non-hydrogen) atoms. The molecule has 0 spiro atoms. The molecule has 2 atom stereocenters. The van der Waals surface area contributed by atoms with Crippen molar-refractivity contribution in [2.45, 2.75) is 32.9 Å². The van der Waals surface area contributed by atoms with E-state index >= 15 is 0 Å². The van der Waals surface area contributed by atoms with Gasteiger partial charge in [-0.3, -0.25) is 9.20 Å². The largest absolute Gasteiger partial charge is 0.493 e. The van der Waals surface area contributed by atoms with Gasteiger partial charge in [-0.1, -0.05) is 6.07 Å². The first kappa shape index (κ1) is 18.5. The maximum atomic E-state index is 12.5. The van der Waals surface area contributed by atoms with Crippen molar-refractivity contribution in [2.24, 2.45) is 0 Å². The fourth-order valence-corrected chi connectivity index (χ4v) is 4.16. The molecule has 1 unspecified atom stereocenters. The third-order valence-corrected chi connectivity index (χ3v) is 5.79. The molecule has 3 aromatic rings. The molecule has 0 aliphatic carbocycles. The second-order valence-electron chi connectivity index (χ2n) is 7.43. The second-order valence-corrected chi connectivity index (χ2v) is 7.43. The van der Waals surface area contributed by atoms with Crippen LogP contribution in [0, 0.1) is 6.92 Å². The van der Waals surface area contributed by atoms with Crippen molar-refractivity contribution in [2.75, 3.05) is 20.8 Å². The Morgan fingerprint density at radius 2 is 1.96 bits per heavy atom. The van der Waals surface area contributed by atoms with Crippen molar-refractivity contribution in [3.05, 3.63) is 69.3 Å². The SMILES string of the molecule is COc1cc2c(cc1OC)[C@H](C)[NH+](Cc1cc(=O)n3cccc(C)c3n1)CC2. The predicted octanol–water partition coefficient (Wildman–Crippen LogP) is 1.72. The summed E-state index contributed by atoms with van der Waals surface area (Å²) in [4.78, 5) is 18.7. The lowest BCUT2D eigenvalue weighted by Crippen LogP contribution is -3.11. The van der Waals surface area contributed by atoms with Crippen LogP contribution in [0.15, 0.2) is 41.3 Å². The summed E-state index contributed by atoms with van der Waals surface area (Å²) in [6.07, 6.45) is 2.73. The minimum absolute atomic E-state index is 0.0282. The lowest BCUT2D eigenvalue weighted by Gasteiger charge is -2.32. The molecular formula is C22H26N3O3+. The second kappa shape index (κ2) is 7.28. The Kier molecular flexibility index (Phi) is 4.81. The van der Waals surface area contributed by atoms with Crippen LogP contribution in [0.2, 0.25) is 0 Å². The zero-order chi connectivity index (χ0) is 19.8. The number of hydrogen-bond acceptors (Lipinski definition) is 4. The molecule has 6 nitrogen and oxygen atoms in total. The Bertz CT molecular complexity index is 1090. The van der Waals surface area contributed by atoms with E-state index in [-0.39, 0.29) is 11.6 Å². The van der Waals surface area contributed by atoms with E-state index in [4.69, 9.17) is 14.5 Å². The van der Waals surface area contributed by atoms with Crippen LogP contribution in [-0.2, 0) is 13.0 Å². The van der Waals surface area contributed by atoms with E-state index in [1.54, 1.807) is 30.9 Å². The van der Waals surface area contributed by atoms with Gasteiger partial charge in [-0.25, -0.2) is 4.98 Å². The van der Waals surface area contributed by atoms with Crippen molar-refractivity contribution in [1.82, 2.24) is 9.38 Å². The molecule has 4 rings (SSSR count). The van der Waals surface area contributed by atoms with E-state index in [0.29, 0.717) is 0 Å². The smallest absolute Gasteiger partial charge is 0.258 e. The summed E-state index contributed by atoms with van der Waals surface area (Å²) in [5.41, 5.74) is 5.12. The van der Waals surface area contributed by atoms with Gasteiger partial charge in [0.2, 0.25) is 0 Å². The average Bonchev–Trinajstić information content (AvgIpc) is 2.70. The van der Waals surface area contributed by atoms with Gasteiger partial charge in [0.1, 0.15) is 23.9 Å². The fourth-order valence-electron chi connectivity index (χ4n) is 4.16. The lowest BCUT2D eigenvalue weighted by molar-refractivity contribution is -0.945. The molecule has 1 N–H and O–H groups in total. The quantitative estimate of drug-likeness (QED) is 0.749. The number of benzene rings is 1. The first-order valence-corrected chi connectivity index (χ1v) is 9.59. The van der Waals surface area contributed by atoms with E-state index in [1.165, 1.54) is 16.0 Å². The van der Waals surface area contributed by atoms with E-state index in [9.17, 15) is 4.79 Å². The molecule has 3 heterocycles. The van der Waals surface area contributed by atoms with Gasteiger partial charge in [-0.2, -0.15) is 0 Å². The topological polar surface area (TPSA) is 57.3 Å². The monoisotopic (exact) mass is 380 g/mol. The Morgan fingerprint density at radius 1 is 1.21 bits per heavy atom. The Morgan fingerprint density at radius 3 is 2.71 bits per heavy atom. The van der Waals surface area contributed by atoms with Gasteiger partial charge in [0.05, 0.1) is 20.8 Å². The molecule has 1 aromatic carbocycles. The highest BCUT2D eigenvalue weighted by atomic mass is 16.5. The van der Waals surface area contributed by atoms with Crippen LogP contribution in [0.1, 0.15) is 35.3 Å². The molecule has 0 fully saturated rings. The minimum atomic E-state index is -0.0282. The Hall–Kier alpha value is -2.86. The summed E-state index contributed by atoms with van der Waals surface area (Å²) in [6.45, 7) is 5.91. The van der Waals surface area contributed by atoms with Gasteiger partial charge < -0.3 is 14.4 Å². The summed E-state index contributed by atoms with van der Waals surface area (Å²) >= 11 is 0. The fraction of sp³-hybridized carbons (Fsp3) is 0.364.